The summed E-state index contributed by atoms with van der Waals surface area (Å²) in [6, 6.07) is 3.76. The molecule has 0 fully saturated rings. The Kier molecular flexibility index (Phi) is 2.96. The zero-order valence-corrected chi connectivity index (χ0v) is 9.73. The van der Waals surface area contributed by atoms with Gasteiger partial charge in [-0.3, -0.25) is 0 Å². The van der Waals surface area contributed by atoms with E-state index in [1.165, 1.54) is 5.56 Å². The van der Waals surface area contributed by atoms with E-state index in [-0.39, 0.29) is 0 Å². The minimum Gasteiger partial charge on any atom is -0.316 e. The van der Waals surface area contributed by atoms with E-state index in [4.69, 9.17) is 0 Å². The molecule has 5 nitrogen and oxygen atoms in total. The Labute approximate surface area is 94.5 Å². The van der Waals surface area contributed by atoms with Gasteiger partial charge in [0.25, 0.3) is 0 Å². The van der Waals surface area contributed by atoms with Crippen LogP contribution in [0.1, 0.15) is 17.0 Å². The van der Waals surface area contributed by atoms with Gasteiger partial charge in [-0.2, -0.15) is 10.2 Å². The Balaban J connectivity index is 2.47. The SMILES string of the molecule is CNCc1c(C)nn(-c2cccnn2)c1C. The molecule has 5 heteroatoms. The standard InChI is InChI=1S/C11H15N5/c1-8-10(7-12-3)9(2)16(15-8)11-5-4-6-13-14-11/h4-6,12H,7H2,1-3H3. The van der Waals surface area contributed by atoms with Crippen molar-refractivity contribution in [3.05, 3.63) is 35.3 Å². The van der Waals surface area contributed by atoms with Crippen LogP contribution in [-0.4, -0.2) is 27.0 Å². The lowest BCUT2D eigenvalue weighted by atomic mass is 10.2. The molecule has 0 saturated heterocycles. The van der Waals surface area contributed by atoms with Gasteiger partial charge in [0.15, 0.2) is 5.82 Å². The average molecular weight is 217 g/mol. The van der Waals surface area contributed by atoms with E-state index in [2.05, 4.69) is 20.6 Å². The number of aromatic nitrogens is 4. The largest absolute Gasteiger partial charge is 0.316 e. The van der Waals surface area contributed by atoms with E-state index < -0.39 is 0 Å². The first-order valence-electron chi connectivity index (χ1n) is 5.22. The third-order valence-electron chi connectivity index (χ3n) is 2.57. The molecule has 0 saturated carbocycles. The van der Waals surface area contributed by atoms with Crippen molar-refractivity contribution in [3.8, 4) is 5.82 Å². The molecule has 2 aromatic heterocycles. The van der Waals surface area contributed by atoms with E-state index in [0.29, 0.717) is 0 Å². The fourth-order valence-corrected chi connectivity index (χ4v) is 1.74. The lowest BCUT2D eigenvalue weighted by Crippen LogP contribution is -2.08. The van der Waals surface area contributed by atoms with Crippen LogP contribution in [0.4, 0.5) is 0 Å². The number of aryl methyl sites for hydroxylation is 1. The number of hydrogen-bond donors (Lipinski definition) is 1. The first-order valence-corrected chi connectivity index (χ1v) is 5.22. The molecule has 1 N–H and O–H groups in total. The third-order valence-corrected chi connectivity index (χ3v) is 2.57. The summed E-state index contributed by atoms with van der Waals surface area (Å²) in [5, 5.41) is 15.5. The Morgan fingerprint density at radius 1 is 1.38 bits per heavy atom. The molecule has 0 unspecified atom stereocenters. The second-order valence-electron chi connectivity index (χ2n) is 3.67. The summed E-state index contributed by atoms with van der Waals surface area (Å²) in [7, 11) is 1.93. The summed E-state index contributed by atoms with van der Waals surface area (Å²) in [5.41, 5.74) is 3.35. The van der Waals surface area contributed by atoms with Crippen LogP contribution in [0.5, 0.6) is 0 Å². The molecule has 0 spiro atoms. The van der Waals surface area contributed by atoms with Gasteiger partial charge in [0.2, 0.25) is 0 Å². The van der Waals surface area contributed by atoms with Crippen molar-refractivity contribution < 1.29 is 0 Å². The summed E-state index contributed by atoms with van der Waals surface area (Å²) in [4.78, 5) is 0. The molecule has 2 rings (SSSR count). The lowest BCUT2D eigenvalue weighted by molar-refractivity contribution is 0.775. The number of hydrogen-bond acceptors (Lipinski definition) is 4. The van der Waals surface area contributed by atoms with Gasteiger partial charge in [-0.25, -0.2) is 4.68 Å². The van der Waals surface area contributed by atoms with E-state index in [1.54, 1.807) is 6.20 Å². The second-order valence-corrected chi connectivity index (χ2v) is 3.67. The maximum atomic E-state index is 4.47. The molecule has 0 aromatic carbocycles. The maximum absolute atomic E-state index is 4.47. The van der Waals surface area contributed by atoms with Gasteiger partial charge in [-0.1, -0.05) is 0 Å². The summed E-state index contributed by atoms with van der Waals surface area (Å²) < 4.78 is 1.83. The van der Waals surface area contributed by atoms with E-state index >= 15 is 0 Å². The zero-order chi connectivity index (χ0) is 11.5. The highest BCUT2D eigenvalue weighted by Crippen LogP contribution is 2.15. The van der Waals surface area contributed by atoms with Gasteiger partial charge in [-0.05, 0) is 33.0 Å². The summed E-state index contributed by atoms with van der Waals surface area (Å²) in [6.45, 7) is 4.87. The van der Waals surface area contributed by atoms with Crippen molar-refractivity contribution in [2.45, 2.75) is 20.4 Å². The van der Waals surface area contributed by atoms with Crippen molar-refractivity contribution in [2.24, 2.45) is 0 Å². The van der Waals surface area contributed by atoms with Crippen molar-refractivity contribution >= 4 is 0 Å². The highest BCUT2D eigenvalue weighted by Gasteiger charge is 2.12. The van der Waals surface area contributed by atoms with Crippen LogP contribution in [0.2, 0.25) is 0 Å². The summed E-state index contributed by atoms with van der Waals surface area (Å²) in [6.07, 6.45) is 1.66. The van der Waals surface area contributed by atoms with Crippen molar-refractivity contribution in [1.29, 1.82) is 0 Å². The molecule has 2 aromatic rings. The van der Waals surface area contributed by atoms with Crippen LogP contribution in [-0.2, 0) is 6.54 Å². The number of rotatable bonds is 3. The molecular formula is C11H15N5. The Morgan fingerprint density at radius 2 is 2.19 bits per heavy atom. The van der Waals surface area contributed by atoms with E-state index in [9.17, 15) is 0 Å². The normalized spacial score (nSPS) is 10.7. The molecular weight excluding hydrogens is 202 g/mol. The van der Waals surface area contributed by atoms with Crippen LogP contribution < -0.4 is 5.32 Å². The van der Waals surface area contributed by atoms with Crippen LogP contribution in [0.25, 0.3) is 5.82 Å². The quantitative estimate of drug-likeness (QED) is 0.833. The first kappa shape index (κ1) is 10.8. The Morgan fingerprint density at radius 3 is 2.81 bits per heavy atom. The van der Waals surface area contributed by atoms with E-state index in [0.717, 1.165) is 23.8 Å². The molecule has 0 bridgehead atoms. The second kappa shape index (κ2) is 4.40. The Hall–Kier alpha value is -1.75. The summed E-state index contributed by atoms with van der Waals surface area (Å²) >= 11 is 0. The van der Waals surface area contributed by atoms with Crippen LogP contribution >= 0.6 is 0 Å². The van der Waals surface area contributed by atoms with Gasteiger partial charge in [-0.15, -0.1) is 5.10 Å². The fraction of sp³-hybridized carbons (Fsp3) is 0.364. The molecule has 0 atom stereocenters. The molecule has 16 heavy (non-hydrogen) atoms. The monoisotopic (exact) mass is 217 g/mol. The Bertz CT molecular complexity index is 475. The lowest BCUT2D eigenvalue weighted by Gasteiger charge is -2.02. The van der Waals surface area contributed by atoms with E-state index in [1.807, 2.05) is 37.7 Å². The van der Waals surface area contributed by atoms with Gasteiger partial charge in [0.05, 0.1) is 5.69 Å². The predicted octanol–water partition coefficient (Wildman–Crippen LogP) is 0.999. The number of nitrogens with zero attached hydrogens (tertiary/aromatic N) is 4. The van der Waals surface area contributed by atoms with Gasteiger partial charge in [0, 0.05) is 24.0 Å². The fourth-order valence-electron chi connectivity index (χ4n) is 1.74. The number of nitrogens with one attached hydrogen (secondary N) is 1. The van der Waals surface area contributed by atoms with Gasteiger partial charge >= 0.3 is 0 Å². The smallest absolute Gasteiger partial charge is 0.175 e. The first-order chi connectivity index (χ1) is 7.74. The van der Waals surface area contributed by atoms with Gasteiger partial charge < -0.3 is 5.32 Å². The molecule has 0 radical (unpaired) electrons. The van der Waals surface area contributed by atoms with Crippen LogP contribution in [0.3, 0.4) is 0 Å². The molecule has 0 aliphatic rings. The zero-order valence-electron chi connectivity index (χ0n) is 9.73. The topological polar surface area (TPSA) is 55.6 Å². The molecule has 0 amide bonds. The minimum absolute atomic E-state index is 0.755. The van der Waals surface area contributed by atoms with Crippen molar-refractivity contribution in [2.75, 3.05) is 7.05 Å². The summed E-state index contributed by atoms with van der Waals surface area (Å²) in [5.74, 6) is 0.755. The van der Waals surface area contributed by atoms with Gasteiger partial charge in [0.1, 0.15) is 0 Å². The molecule has 0 aliphatic heterocycles. The average Bonchev–Trinajstić information content (AvgIpc) is 2.59. The van der Waals surface area contributed by atoms with Crippen LogP contribution in [0.15, 0.2) is 18.3 Å². The maximum Gasteiger partial charge on any atom is 0.175 e. The highest BCUT2D eigenvalue weighted by atomic mass is 15.3. The minimum atomic E-state index is 0.755. The van der Waals surface area contributed by atoms with Crippen molar-refractivity contribution in [3.63, 3.8) is 0 Å². The molecule has 2 heterocycles. The third kappa shape index (κ3) is 1.81. The predicted molar refractivity (Wildman–Crippen MR) is 61.4 cm³/mol. The molecule has 84 valence electrons. The molecule has 0 aliphatic carbocycles. The highest BCUT2D eigenvalue weighted by molar-refractivity contribution is 5.31. The van der Waals surface area contributed by atoms with Crippen molar-refractivity contribution in [1.82, 2.24) is 25.3 Å². The van der Waals surface area contributed by atoms with Crippen LogP contribution in [0, 0.1) is 13.8 Å².